The normalized spacial score (nSPS) is 12.0. The number of nitrogens with one attached hydrogen (secondary N) is 1. The highest BCUT2D eigenvalue weighted by Crippen LogP contribution is 2.11. The highest BCUT2D eigenvalue weighted by molar-refractivity contribution is 5.92. The fourth-order valence-electron chi connectivity index (χ4n) is 1.20. The van der Waals surface area contributed by atoms with Gasteiger partial charge in [0.15, 0.2) is 0 Å². The third kappa shape index (κ3) is 3.65. The number of nitrogens with two attached hydrogens (primary N) is 1. The van der Waals surface area contributed by atoms with Gasteiger partial charge in [0.25, 0.3) is 5.91 Å². The molecule has 7 nitrogen and oxygen atoms in total. The Balaban J connectivity index is 2.80. The SMILES string of the molecule is COc1cc(C)nc(NC(=O)C(CN)OC)n1. The van der Waals surface area contributed by atoms with E-state index in [1.807, 2.05) is 0 Å². The van der Waals surface area contributed by atoms with E-state index in [-0.39, 0.29) is 18.4 Å². The maximum atomic E-state index is 11.6. The first-order valence-corrected chi connectivity index (χ1v) is 5.04. The van der Waals surface area contributed by atoms with Crippen LogP contribution in [0, 0.1) is 6.92 Å². The standard InChI is InChI=1S/C10H16N4O3/c1-6-4-8(17-3)13-10(12-6)14-9(15)7(5-11)16-2/h4,7H,5,11H2,1-3H3,(H,12,13,14,15). The monoisotopic (exact) mass is 240 g/mol. The molecule has 0 saturated heterocycles. The molecule has 0 radical (unpaired) electrons. The Morgan fingerprint density at radius 1 is 1.53 bits per heavy atom. The number of rotatable bonds is 5. The zero-order valence-corrected chi connectivity index (χ0v) is 10.1. The maximum absolute atomic E-state index is 11.6. The minimum absolute atomic E-state index is 0.0886. The Hall–Kier alpha value is -1.73. The molecule has 0 saturated carbocycles. The quantitative estimate of drug-likeness (QED) is 0.733. The number of nitrogens with zero attached hydrogens (tertiary/aromatic N) is 2. The lowest BCUT2D eigenvalue weighted by Crippen LogP contribution is -2.36. The summed E-state index contributed by atoms with van der Waals surface area (Å²) in [4.78, 5) is 19.7. The Labute approximate surface area is 99.3 Å². The number of anilines is 1. The molecule has 1 atom stereocenters. The summed E-state index contributed by atoms with van der Waals surface area (Å²) in [7, 11) is 2.90. The van der Waals surface area contributed by atoms with Crippen molar-refractivity contribution in [3.63, 3.8) is 0 Å². The molecule has 0 aliphatic rings. The van der Waals surface area contributed by atoms with Gasteiger partial charge in [-0.05, 0) is 6.92 Å². The van der Waals surface area contributed by atoms with E-state index in [2.05, 4.69) is 15.3 Å². The van der Waals surface area contributed by atoms with Gasteiger partial charge >= 0.3 is 0 Å². The third-order valence-electron chi connectivity index (χ3n) is 2.07. The van der Waals surface area contributed by atoms with Crippen molar-refractivity contribution in [3.05, 3.63) is 11.8 Å². The van der Waals surface area contributed by atoms with E-state index in [1.165, 1.54) is 14.2 Å². The summed E-state index contributed by atoms with van der Waals surface area (Å²) in [6.45, 7) is 1.86. The molecule has 0 bridgehead atoms. The number of aryl methyl sites for hydroxylation is 1. The van der Waals surface area contributed by atoms with Gasteiger partial charge in [-0.1, -0.05) is 0 Å². The summed E-state index contributed by atoms with van der Waals surface area (Å²) in [6.07, 6.45) is -0.717. The smallest absolute Gasteiger partial charge is 0.257 e. The van der Waals surface area contributed by atoms with E-state index in [4.69, 9.17) is 15.2 Å². The summed E-state index contributed by atoms with van der Waals surface area (Å²) >= 11 is 0. The number of carbonyl (C=O) groups is 1. The molecule has 17 heavy (non-hydrogen) atoms. The number of hydrogen-bond donors (Lipinski definition) is 2. The molecule has 1 aromatic rings. The molecule has 0 aliphatic heterocycles. The van der Waals surface area contributed by atoms with Crippen molar-refractivity contribution in [2.75, 3.05) is 26.1 Å². The lowest BCUT2D eigenvalue weighted by molar-refractivity contribution is -0.125. The van der Waals surface area contributed by atoms with E-state index < -0.39 is 6.10 Å². The van der Waals surface area contributed by atoms with E-state index in [0.717, 1.165) is 0 Å². The van der Waals surface area contributed by atoms with Crippen LogP contribution in [-0.2, 0) is 9.53 Å². The van der Waals surface area contributed by atoms with Crippen LogP contribution >= 0.6 is 0 Å². The van der Waals surface area contributed by atoms with Crippen LogP contribution in [-0.4, -0.2) is 42.7 Å². The largest absolute Gasteiger partial charge is 0.481 e. The van der Waals surface area contributed by atoms with Crippen LogP contribution in [0.15, 0.2) is 6.07 Å². The second kappa shape index (κ2) is 6.12. The Kier molecular flexibility index (Phi) is 4.80. The Bertz CT molecular complexity index is 393. The van der Waals surface area contributed by atoms with Crippen LogP contribution in [0.5, 0.6) is 5.88 Å². The fraction of sp³-hybridized carbons (Fsp3) is 0.500. The van der Waals surface area contributed by atoms with E-state index in [9.17, 15) is 4.79 Å². The summed E-state index contributed by atoms with van der Waals surface area (Å²) in [5.41, 5.74) is 6.06. The van der Waals surface area contributed by atoms with Crippen LogP contribution in [0.1, 0.15) is 5.69 Å². The first kappa shape index (κ1) is 13.3. The molecule has 0 fully saturated rings. The number of aromatic nitrogens is 2. The number of amides is 1. The summed E-state index contributed by atoms with van der Waals surface area (Å²) in [5, 5.41) is 2.51. The topological polar surface area (TPSA) is 99.4 Å². The van der Waals surface area contributed by atoms with Crippen molar-refractivity contribution in [1.29, 1.82) is 0 Å². The molecular weight excluding hydrogens is 224 g/mol. The van der Waals surface area contributed by atoms with Gasteiger partial charge < -0.3 is 15.2 Å². The van der Waals surface area contributed by atoms with Gasteiger partial charge in [-0.15, -0.1) is 0 Å². The van der Waals surface area contributed by atoms with Crippen molar-refractivity contribution in [2.24, 2.45) is 5.73 Å². The molecule has 94 valence electrons. The number of hydrogen-bond acceptors (Lipinski definition) is 6. The van der Waals surface area contributed by atoms with Crippen molar-refractivity contribution < 1.29 is 14.3 Å². The van der Waals surface area contributed by atoms with Gasteiger partial charge in [-0.25, -0.2) is 4.98 Å². The first-order chi connectivity index (χ1) is 8.10. The average molecular weight is 240 g/mol. The molecular formula is C10H16N4O3. The predicted molar refractivity (Wildman–Crippen MR) is 61.8 cm³/mol. The van der Waals surface area contributed by atoms with Gasteiger partial charge in [0.05, 0.1) is 7.11 Å². The maximum Gasteiger partial charge on any atom is 0.257 e. The van der Waals surface area contributed by atoms with Crippen molar-refractivity contribution in [1.82, 2.24) is 9.97 Å². The molecule has 1 heterocycles. The van der Waals surface area contributed by atoms with Gasteiger partial charge in [0.1, 0.15) is 6.10 Å². The minimum atomic E-state index is -0.717. The lowest BCUT2D eigenvalue weighted by Gasteiger charge is -2.12. The van der Waals surface area contributed by atoms with Crippen LogP contribution in [0.25, 0.3) is 0 Å². The second-order valence-corrected chi connectivity index (χ2v) is 3.32. The predicted octanol–water partition coefficient (Wildman–Crippen LogP) is -0.294. The molecule has 1 amide bonds. The van der Waals surface area contributed by atoms with Crippen LogP contribution < -0.4 is 15.8 Å². The molecule has 3 N–H and O–H groups in total. The molecule has 0 aromatic carbocycles. The molecule has 1 aromatic heterocycles. The molecule has 1 unspecified atom stereocenters. The minimum Gasteiger partial charge on any atom is -0.481 e. The number of methoxy groups -OCH3 is 2. The summed E-state index contributed by atoms with van der Waals surface area (Å²) < 4.78 is 9.87. The zero-order chi connectivity index (χ0) is 12.8. The fourth-order valence-corrected chi connectivity index (χ4v) is 1.20. The molecule has 0 aliphatic carbocycles. The Morgan fingerprint density at radius 2 is 2.24 bits per heavy atom. The van der Waals surface area contributed by atoms with E-state index in [0.29, 0.717) is 11.6 Å². The lowest BCUT2D eigenvalue weighted by atomic mass is 10.3. The zero-order valence-electron chi connectivity index (χ0n) is 10.1. The van der Waals surface area contributed by atoms with Gasteiger partial charge in [-0.2, -0.15) is 4.98 Å². The van der Waals surface area contributed by atoms with Crippen LogP contribution in [0.3, 0.4) is 0 Å². The highest BCUT2D eigenvalue weighted by atomic mass is 16.5. The molecule has 1 rings (SSSR count). The first-order valence-electron chi connectivity index (χ1n) is 5.04. The van der Waals surface area contributed by atoms with E-state index in [1.54, 1.807) is 13.0 Å². The number of carbonyl (C=O) groups excluding carboxylic acids is 1. The van der Waals surface area contributed by atoms with E-state index >= 15 is 0 Å². The summed E-state index contributed by atoms with van der Waals surface area (Å²) in [5.74, 6) is 0.166. The van der Waals surface area contributed by atoms with Crippen LogP contribution in [0.2, 0.25) is 0 Å². The average Bonchev–Trinajstić information content (AvgIpc) is 2.29. The third-order valence-corrected chi connectivity index (χ3v) is 2.07. The van der Waals surface area contributed by atoms with Crippen LogP contribution in [0.4, 0.5) is 5.95 Å². The van der Waals surface area contributed by atoms with Gasteiger partial charge in [0, 0.05) is 25.4 Å². The van der Waals surface area contributed by atoms with Gasteiger partial charge in [-0.3, -0.25) is 10.1 Å². The van der Waals surface area contributed by atoms with Crippen molar-refractivity contribution in [2.45, 2.75) is 13.0 Å². The summed E-state index contributed by atoms with van der Waals surface area (Å²) in [6, 6.07) is 1.66. The van der Waals surface area contributed by atoms with Crippen molar-refractivity contribution >= 4 is 11.9 Å². The number of ether oxygens (including phenoxy) is 2. The highest BCUT2D eigenvalue weighted by Gasteiger charge is 2.17. The van der Waals surface area contributed by atoms with Gasteiger partial charge in [0.2, 0.25) is 11.8 Å². The molecule has 7 heteroatoms. The van der Waals surface area contributed by atoms with Crippen molar-refractivity contribution in [3.8, 4) is 5.88 Å². The molecule has 0 spiro atoms. The Morgan fingerprint density at radius 3 is 2.76 bits per heavy atom. The second-order valence-electron chi connectivity index (χ2n) is 3.32.